The quantitative estimate of drug-likeness (QED) is 0.414. The molecular weight excluding hydrogens is 230 g/mol. The normalized spacial score (nSPS) is 10.3. The number of anilines is 1. The van der Waals surface area contributed by atoms with Crippen LogP contribution in [0.1, 0.15) is 5.56 Å². The van der Waals surface area contributed by atoms with Crippen LogP contribution < -0.4 is 15.9 Å². The van der Waals surface area contributed by atoms with Crippen LogP contribution in [0.15, 0.2) is 29.9 Å². The second-order valence-corrected chi connectivity index (χ2v) is 3.25. The molecule has 0 saturated heterocycles. The van der Waals surface area contributed by atoms with Crippen molar-refractivity contribution in [2.45, 2.75) is 0 Å². The third-order valence-corrected chi connectivity index (χ3v) is 2.13. The maximum Gasteiger partial charge on any atom is 0.201 e. The molecule has 0 bridgehead atoms. The molecule has 1 aromatic carbocycles. The molecule has 4 N–H and O–H groups in total. The van der Waals surface area contributed by atoms with E-state index in [2.05, 4.69) is 17.1 Å². The Bertz CT molecular complexity index is 542. The van der Waals surface area contributed by atoms with Crippen molar-refractivity contribution in [3.8, 4) is 11.8 Å². The van der Waals surface area contributed by atoms with Gasteiger partial charge in [0.05, 0.1) is 12.8 Å². The highest BCUT2D eigenvalue weighted by Gasteiger charge is 2.03. The average molecular weight is 243 g/mol. The lowest BCUT2D eigenvalue weighted by Gasteiger charge is -2.07. The fourth-order valence-electron chi connectivity index (χ4n) is 1.20. The minimum absolute atomic E-state index is 0.180. The summed E-state index contributed by atoms with van der Waals surface area (Å²) in [5.41, 5.74) is 9.06. The van der Waals surface area contributed by atoms with Crippen molar-refractivity contribution in [3.63, 3.8) is 0 Å². The first-order chi connectivity index (χ1) is 8.62. The summed E-state index contributed by atoms with van der Waals surface area (Å²) in [6.07, 6.45) is 1.63. The van der Waals surface area contributed by atoms with Crippen LogP contribution in [0.25, 0.3) is 6.08 Å². The lowest BCUT2D eigenvalue weighted by Crippen LogP contribution is -2.21. The summed E-state index contributed by atoms with van der Waals surface area (Å²) in [6, 6.07) is 6.96. The van der Waals surface area contributed by atoms with Crippen molar-refractivity contribution in [2.24, 2.45) is 10.8 Å². The Kier molecular flexibility index (Phi) is 4.46. The van der Waals surface area contributed by atoms with Gasteiger partial charge >= 0.3 is 0 Å². The second kappa shape index (κ2) is 6.06. The van der Waals surface area contributed by atoms with Crippen molar-refractivity contribution in [3.05, 3.63) is 30.3 Å². The highest BCUT2D eigenvalue weighted by molar-refractivity contribution is 6.45. The van der Waals surface area contributed by atoms with E-state index in [9.17, 15) is 0 Å². The molecule has 0 saturated carbocycles. The minimum atomic E-state index is -0.390. The van der Waals surface area contributed by atoms with E-state index in [0.717, 1.165) is 5.56 Å². The molecule has 0 fully saturated rings. The fourth-order valence-corrected chi connectivity index (χ4v) is 1.20. The molecule has 18 heavy (non-hydrogen) atoms. The molecule has 0 aliphatic heterocycles. The molecule has 1 aromatic rings. The van der Waals surface area contributed by atoms with E-state index in [1.165, 1.54) is 0 Å². The van der Waals surface area contributed by atoms with E-state index >= 15 is 0 Å². The molecule has 0 spiro atoms. The number of ether oxygens (including phenoxy) is 1. The summed E-state index contributed by atoms with van der Waals surface area (Å²) in [4.78, 5) is 0. The lowest BCUT2D eigenvalue weighted by atomic mass is 10.1. The maximum absolute atomic E-state index is 8.70. The predicted octanol–water partition coefficient (Wildman–Crippen LogP) is 1.57. The first-order valence-electron chi connectivity index (χ1n) is 5.01. The van der Waals surface area contributed by atoms with Crippen molar-refractivity contribution in [2.75, 3.05) is 12.5 Å². The van der Waals surface area contributed by atoms with Crippen LogP contribution >= 0.6 is 0 Å². The van der Waals surface area contributed by atoms with E-state index < -0.39 is 5.84 Å². The smallest absolute Gasteiger partial charge is 0.201 e. The number of nitrogens with one attached hydrogen (secondary N) is 2. The Balaban J connectivity index is 3.02. The fraction of sp³-hybridized carbons (Fsp3) is 0.0833. The number of nitrogens with two attached hydrogens (primary N) is 1. The molecule has 0 radical (unpaired) electrons. The van der Waals surface area contributed by atoms with Crippen LogP contribution in [0.3, 0.4) is 0 Å². The molecule has 0 amide bonds. The summed E-state index contributed by atoms with van der Waals surface area (Å²) in [7, 11) is 1.57. The van der Waals surface area contributed by atoms with Gasteiger partial charge in [0.2, 0.25) is 5.71 Å². The van der Waals surface area contributed by atoms with E-state index in [1.807, 2.05) is 0 Å². The Morgan fingerprint density at radius 2 is 2.39 bits per heavy atom. The van der Waals surface area contributed by atoms with Crippen LogP contribution in [0.2, 0.25) is 0 Å². The van der Waals surface area contributed by atoms with Gasteiger partial charge in [-0.25, -0.2) is 0 Å². The Morgan fingerprint density at radius 1 is 1.67 bits per heavy atom. The van der Waals surface area contributed by atoms with Gasteiger partial charge in [-0.15, -0.1) is 0 Å². The first-order valence-corrected chi connectivity index (χ1v) is 5.01. The Morgan fingerprint density at radius 3 is 2.89 bits per heavy atom. The zero-order valence-electron chi connectivity index (χ0n) is 9.90. The van der Waals surface area contributed by atoms with Crippen molar-refractivity contribution in [1.29, 1.82) is 10.7 Å². The maximum atomic E-state index is 8.70. The molecule has 0 aliphatic rings. The van der Waals surface area contributed by atoms with Gasteiger partial charge in [0, 0.05) is 5.56 Å². The predicted molar refractivity (Wildman–Crippen MR) is 71.7 cm³/mol. The van der Waals surface area contributed by atoms with Gasteiger partial charge in [0.25, 0.3) is 0 Å². The zero-order valence-corrected chi connectivity index (χ0v) is 9.90. The molecule has 0 aromatic heterocycles. The summed E-state index contributed by atoms with van der Waals surface area (Å²) in [6.45, 7) is 3.67. The van der Waals surface area contributed by atoms with E-state index in [0.29, 0.717) is 11.4 Å². The van der Waals surface area contributed by atoms with Gasteiger partial charge in [-0.1, -0.05) is 12.7 Å². The average Bonchev–Trinajstić information content (AvgIpc) is 2.39. The van der Waals surface area contributed by atoms with Gasteiger partial charge in [0.1, 0.15) is 11.8 Å². The molecule has 6 heteroatoms. The SMILES string of the molecule is C=Cc1cc(OC)ccc1N/N=C(\C#N)C(=N)N. The van der Waals surface area contributed by atoms with Crippen molar-refractivity contribution in [1.82, 2.24) is 0 Å². The van der Waals surface area contributed by atoms with Crippen LogP contribution in [-0.2, 0) is 0 Å². The van der Waals surface area contributed by atoms with Crippen LogP contribution in [0.5, 0.6) is 5.75 Å². The van der Waals surface area contributed by atoms with Gasteiger partial charge in [-0.3, -0.25) is 10.8 Å². The number of hydrogen-bond donors (Lipinski definition) is 3. The molecule has 0 unspecified atom stereocenters. The minimum Gasteiger partial charge on any atom is -0.497 e. The Labute approximate surface area is 105 Å². The van der Waals surface area contributed by atoms with Gasteiger partial charge in [-0.2, -0.15) is 10.4 Å². The number of methoxy groups -OCH3 is 1. The summed E-state index contributed by atoms with van der Waals surface area (Å²) >= 11 is 0. The molecule has 0 atom stereocenters. The van der Waals surface area contributed by atoms with Crippen molar-refractivity contribution >= 4 is 23.3 Å². The number of hydrogen-bond acceptors (Lipinski definition) is 5. The van der Waals surface area contributed by atoms with E-state index in [4.69, 9.17) is 21.1 Å². The third kappa shape index (κ3) is 3.09. The van der Waals surface area contributed by atoms with Crippen LogP contribution in [-0.4, -0.2) is 18.7 Å². The molecule has 1 rings (SSSR count). The van der Waals surface area contributed by atoms with Crippen LogP contribution in [0, 0.1) is 16.7 Å². The number of nitrogens with zero attached hydrogens (tertiary/aromatic N) is 2. The summed E-state index contributed by atoms with van der Waals surface area (Å²) in [5, 5.41) is 19.6. The molecule has 6 nitrogen and oxygen atoms in total. The first kappa shape index (κ1) is 13.3. The summed E-state index contributed by atoms with van der Waals surface area (Å²) in [5.74, 6) is 0.296. The largest absolute Gasteiger partial charge is 0.497 e. The highest BCUT2D eigenvalue weighted by atomic mass is 16.5. The number of benzene rings is 1. The van der Waals surface area contributed by atoms with Crippen LogP contribution in [0.4, 0.5) is 5.69 Å². The monoisotopic (exact) mass is 243 g/mol. The Hall–Kier alpha value is -2.81. The standard InChI is InChI=1S/C12H13N5O/c1-3-8-6-9(18-2)4-5-10(8)16-17-11(7-13)12(14)15/h3-6,16H,1H2,2H3,(H3,14,15)/b17-11+. The number of nitriles is 1. The van der Waals surface area contributed by atoms with Gasteiger partial charge in [-0.05, 0) is 18.2 Å². The zero-order chi connectivity index (χ0) is 13.5. The van der Waals surface area contributed by atoms with Crippen molar-refractivity contribution < 1.29 is 4.74 Å². The number of amidine groups is 1. The molecule has 0 heterocycles. The third-order valence-electron chi connectivity index (χ3n) is 2.13. The second-order valence-electron chi connectivity index (χ2n) is 3.25. The highest BCUT2D eigenvalue weighted by Crippen LogP contribution is 2.22. The van der Waals surface area contributed by atoms with E-state index in [1.54, 1.807) is 37.5 Å². The molecule has 92 valence electrons. The van der Waals surface area contributed by atoms with Gasteiger partial charge < -0.3 is 10.5 Å². The molecular formula is C12H13N5O. The van der Waals surface area contributed by atoms with Gasteiger partial charge in [0.15, 0.2) is 5.84 Å². The molecule has 0 aliphatic carbocycles. The summed E-state index contributed by atoms with van der Waals surface area (Å²) < 4.78 is 5.08. The topological polar surface area (TPSA) is 107 Å². The number of hydrazone groups is 1. The van der Waals surface area contributed by atoms with E-state index in [-0.39, 0.29) is 5.71 Å². The lowest BCUT2D eigenvalue weighted by molar-refractivity contribution is 0.415. The number of rotatable bonds is 5.